The third-order valence-electron chi connectivity index (χ3n) is 2.20. The lowest BCUT2D eigenvalue weighted by atomic mass is 10.2. The third-order valence-corrected chi connectivity index (χ3v) is 3.24. The molecule has 82 valence electrons. The van der Waals surface area contributed by atoms with E-state index < -0.39 is 0 Å². The van der Waals surface area contributed by atoms with Gasteiger partial charge >= 0.3 is 0 Å². The van der Waals surface area contributed by atoms with E-state index in [1.54, 1.807) is 12.1 Å². The molecule has 0 amide bonds. The number of rotatable bonds is 3. The van der Waals surface area contributed by atoms with E-state index in [0.29, 0.717) is 11.4 Å². The van der Waals surface area contributed by atoms with Crippen molar-refractivity contribution in [3.63, 3.8) is 0 Å². The fourth-order valence-corrected chi connectivity index (χ4v) is 2.31. The van der Waals surface area contributed by atoms with Crippen LogP contribution in [-0.2, 0) is 6.54 Å². The molecule has 2 aromatic rings. The molecular formula is C13H12FNS. The van der Waals surface area contributed by atoms with Crippen LogP contribution in [0.4, 0.5) is 4.39 Å². The second-order valence-electron chi connectivity index (χ2n) is 3.38. The minimum atomic E-state index is -0.189. The molecule has 0 aliphatic heterocycles. The average Bonchev–Trinajstić information content (AvgIpc) is 2.32. The quantitative estimate of drug-likeness (QED) is 0.878. The van der Waals surface area contributed by atoms with Crippen LogP contribution >= 0.6 is 11.8 Å². The van der Waals surface area contributed by atoms with Crippen LogP contribution in [0.5, 0.6) is 0 Å². The van der Waals surface area contributed by atoms with Gasteiger partial charge in [-0.25, -0.2) is 4.39 Å². The van der Waals surface area contributed by atoms with Gasteiger partial charge in [-0.3, -0.25) is 0 Å². The SMILES string of the molecule is NCc1cccc(Sc2ccccc2F)c1. The van der Waals surface area contributed by atoms with Crippen molar-refractivity contribution in [1.82, 2.24) is 0 Å². The summed E-state index contributed by atoms with van der Waals surface area (Å²) in [5.74, 6) is -0.189. The van der Waals surface area contributed by atoms with Gasteiger partial charge in [-0.1, -0.05) is 36.0 Å². The van der Waals surface area contributed by atoms with E-state index in [1.807, 2.05) is 30.3 Å². The predicted octanol–water partition coefficient (Wildman–Crippen LogP) is 3.44. The molecule has 0 atom stereocenters. The molecule has 0 unspecified atom stereocenters. The van der Waals surface area contributed by atoms with E-state index in [0.717, 1.165) is 10.5 Å². The highest BCUT2D eigenvalue weighted by molar-refractivity contribution is 7.99. The molecule has 0 aliphatic rings. The smallest absolute Gasteiger partial charge is 0.137 e. The lowest BCUT2D eigenvalue weighted by Crippen LogP contribution is -1.95. The summed E-state index contributed by atoms with van der Waals surface area (Å²) >= 11 is 1.41. The summed E-state index contributed by atoms with van der Waals surface area (Å²) in [5.41, 5.74) is 6.62. The molecule has 2 aromatic carbocycles. The highest BCUT2D eigenvalue weighted by Gasteiger charge is 2.03. The van der Waals surface area contributed by atoms with E-state index in [4.69, 9.17) is 5.73 Å². The Hall–Kier alpha value is -1.32. The average molecular weight is 233 g/mol. The number of halogens is 1. The van der Waals surface area contributed by atoms with E-state index in [1.165, 1.54) is 17.8 Å². The Morgan fingerprint density at radius 3 is 2.62 bits per heavy atom. The van der Waals surface area contributed by atoms with Crippen molar-refractivity contribution in [1.29, 1.82) is 0 Å². The van der Waals surface area contributed by atoms with E-state index in [-0.39, 0.29) is 5.82 Å². The number of hydrogen-bond acceptors (Lipinski definition) is 2. The molecule has 1 nitrogen and oxygen atoms in total. The van der Waals surface area contributed by atoms with Gasteiger partial charge in [0.2, 0.25) is 0 Å². The van der Waals surface area contributed by atoms with E-state index in [2.05, 4.69) is 0 Å². The Labute approximate surface area is 98.5 Å². The number of nitrogens with two attached hydrogens (primary N) is 1. The van der Waals surface area contributed by atoms with Crippen LogP contribution in [0.2, 0.25) is 0 Å². The summed E-state index contributed by atoms with van der Waals surface area (Å²) in [5, 5.41) is 0. The van der Waals surface area contributed by atoms with Gasteiger partial charge in [-0.15, -0.1) is 0 Å². The zero-order chi connectivity index (χ0) is 11.4. The first kappa shape index (κ1) is 11.2. The Kier molecular flexibility index (Phi) is 3.59. The van der Waals surface area contributed by atoms with Gasteiger partial charge < -0.3 is 5.73 Å². The molecular weight excluding hydrogens is 221 g/mol. The summed E-state index contributed by atoms with van der Waals surface area (Å²) in [6, 6.07) is 14.6. The van der Waals surface area contributed by atoms with Crippen LogP contribution in [0.15, 0.2) is 58.3 Å². The van der Waals surface area contributed by atoms with Gasteiger partial charge in [0, 0.05) is 16.3 Å². The lowest BCUT2D eigenvalue weighted by molar-refractivity contribution is 0.602. The zero-order valence-electron chi connectivity index (χ0n) is 8.69. The Bertz CT molecular complexity index is 485. The molecule has 0 fully saturated rings. The van der Waals surface area contributed by atoms with Crippen LogP contribution in [-0.4, -0.2) is 0 Å². The predicted molar refractivity (Wildman–Crippen MR) is 64.9 cm³/mol. The van der Waals surface area contributed by atoms with Gasteiger partial charge in [0.15, 0.2) is 0 Å². The highest BCUT2D eigenvalue weighted by Crippen LogP contribution is 2.29. The molecule has 2 N–H and O–H groups in total. The van der Waals surface area contributed by atoms with Gasteiger partial charge in [0.1, 0.15) is 5.82 Å². The van der Waals surface area contributed by atoms with Gasteiger partial charge in [-0.05, 0) is 29.8 Å². The fraction of sp³-hybridized carbons (Fsp3) is 0.0769. The zero-order valence-corrected chi connectivity index (χ0v) is 9.51. The molecule has 0 bridgehead atoms. The highest BCUT2D eigenvalue weighted by atomic mass is 32.2. The van der Waals surface area contributed by atoms with Crippen molar-refractivity contribution in [3.05, 3.63) is 59.9 Å². The van der Waals surface area contributed by atoms with Crippen LogP contribution in [0.25, 0.3) is 0 Å². The third kappa shape index (κ3) is 2.62. The van der Waals surface area contributed by atoms with Crippen LogP contribution in [0, 0.1) is 5.82 Å². The Morgan fingerprint density at radius 1 is 1.06 bits per heavy atom. The topological polar surface area (TPSA) is 26.0 Å². The Balaban J connectivity index is 2.24. The summed E-state index contributed by atoms with van der Waals surface area (Å²) in [6.07, 6.45) is 0. The van der Waals surface area contributed by atoms with Crippen molar-refractivity contribution in [3.8, 4) is 0 Å². The normalized spacial score (nSPS) is 10.4. The van der Waals surface area contributed by atoms with Crippen molar-refractivity contribution >= 4 is 11.8 Å². The van der Waals surface area contributed by atoms with Gasteiger partial charge in [0.25, 0.3) is 0 Å². The van der Waals surface area contributed by atoms with E-state index in [9.17, 15) is 4.39 Å². The lowest BCUT2D eigenvalue weighted by Gasteiger charge is -2.04. The summed E-state index contributed by atoms with van der Waals surface area (Å²) in [7, 11) is 0. The molecule has 0 aliphatic carbocycles. The summed E-state index contributed by atoms with van der Waals surface area (Å²) < 4.78 is 13.4. The Morgan fingerprint density at radius 2 is 1.88 bits per heavy atom. The maximum Gasteiger partial charge on any atom is 0.137 e. The van der Waals surface area contributed by atoms with E-state index >= 15 is 0 Å². The largest absolute Gasteiger partial charge is 0.326 e. The van der Waals surface area contributed by atoms with Gasteiger partial charge in [-0.2, -0.15) is 0 Å². The molecule has 0 spiro atoms. The molecule has 2 rings (SSSR count). The molecule has 0 saturated heterocycles. The molecule has 0 heterocycles. The first-order valence-electron chi connectivity index (χ1n) is 5.01. The summed E-state index contributed by atoms with van der Waals surface area (Å²) in [6.45, 7) is 0.506. The second-order valence-corrected chi connectivity index (χ2v) is 4.50. The maximum absolute atomic E-state index is 13.4. The molecule has 3 heteroatoms. The van der Waals surface area contributed by atoms with Crippen molar-refractivity contribution in [2.24, 2.45) is 5.73 Å². The second kappa shape index (κ2) is 5.14. The minimum Gasteiger partial charge on any atom is -0.326 e. The van der Waals surface area contributed by atoms with Gasteiger partial charge in [0.05, 0.1) is 0 Å². The molecule has 0 saturated carbocycles. The molecule has 0 aromatic heterocycles. The number of hydrogen-bond donors (Lipinski definition) is 1. The van der Waals surface area contributed by atoms with Crippen LogP contribution in [0.1, 0.15) is 5.56 Å². The maximum atomic E-state index is 13.4. The standard InChI is InChI=1S/C13H12FNS/c14-12-6-1-2-7-13(12)16-11-5-3-4-10(8-11)9-15/h1-8H,9,15H2. The molecule has 16 heavy (non-hydrogen) atoms. The van der Waals surface area contributed by atoms with Crippen molar-refractivity contribution in [2.45, 2.75) is 16.3 Å². The first-order valence-corrected chi connectivity index (χ1v) is 5.82. The van der Waals surface area contributed by atoms with Crippen LogP contribution < -0.4 is 5.73 Å². The van der Waals surface area contributed by atoms with Crippen molar-refractivity contribution < 1.29 is 4.39 Å². The molecule has 0 radical (unpaired) electrons. The first-order chi connectivity index (χ1) is 7.79. The monoisotopic (exact) mass is 233 g/mol. The van der Waals surface area contributed by atoms with Crippen molar-refractivity contribution in [2.75, 3.05) is 0 Å². The fourth-order valence-electron chi connectivity index (χ4n) is 1.39. The summed E-state index contributed by atoms with van der Waals surface area (Å²) in [4.78, 5) is 1.64. The number of benzene rings is 2. The minimum absolute atomic E-state index is 0.189. The van der Waals surface area contributed by atoms with Crippen LogP contribution in [0.3, 0.4) is 0 Å².